The summed E-state index contributed by atoms with van der Waals surface area (Å²) in [6.07, 6.45) is 4.28. The number of nitrogens with zero attached hydrogens (tertiary/aromatic N) is 2. The van der Waals surface area contributed by atoms with E-state index in [1.807, 2.05) is 37.3 Å². The number of benzene rings is 5. The van der Waals surface area contributed by atoms with Crippen LogP contribution in [0.4, 0.5) is 0 Å². The van der Waals surface area contributed by atoms with Crippen LogP contribution < -0.4 is 0 Å². The highest BCUT2D eigenvalue weighted by Crippen LogP contribution is 2.29. The number of fused-ring (bicyclic) bond motifs is 2. The third-order valence-electron chi connectivity index (χ3n) is 9.09. The molecule has 0 bridgehead atoms. The third kappa shape index (κ3) is 10.2. The molecule has 0 spiro atoms. The highest BCUT2D eigenvalue weighted by Gasteiger charge is 2.24. The van der Waals surface area contributed by atoms with Gasteiger partial charge in [0.2, 0.25) is 19.7 Å². The third-order valence-corrected chi connectivity index (χ3v) is 13.9. The zero-order chi connectivity index (χ0) is 39.8. The van der Waals surface area contributed by atoms with Crippen molar-refractivity contribution in [3.63, 3.8) is 0 Å². The van der Waals surface area contributed by atoms with Gasteiger partial charge >= 0.3 is 0 Å². The van der Waals surface area contributed by atoms with Crippen LogP contribution >= 0.6 is 0 Å². The second-order valence-corrected chi connectivity index (χ2v) is 18.6. The zero-order valence-electron chi connectivity index (χ0n) is 30.6. The maximum atomic E-state index is 13.0. The van der Waals surface area contributed by atoms with E-state index in [1.54, 1.807) is 78.9 Å². The van der Waals surface area contributed by atoms with Crippen LogP contribution in [0.5, 0.6) is 0 Å². The van der Waals surface area contributed by atoms with E-state index < -0.39 is 29.8 Å². The monoisotopic (exact) mass is 830 g/mol. The van der Waals surface area contributed by atoms with Crippen LogP contribution in [0, 0.1) is 6.92 Å². The van der Waals surface area contributed by atoms with Gasteiger partial charge in [0.25, 0.3) is 10.1 Å². The largest absolute Gasteiger partial charge is 0.396 e. The summed E-state index contributed by atoms with van der Waals surface area (Å²) < 4.78 is 81.2. The van der Waals surface area contributed by atoms with Crippen LogP contribution in [0.25, 0.3) is 21.8 Å². The van der Waals surface area contributed by atoms with Crippen LogP contribution in [0.3, 0.4) is 0 Å². The van der Waals surface area contributed by atoms with Crippen LogP contribution in [0.1, 0.15) is 49.8 Å². The first-order valence-corrected chi connectivity index (χ1v) is 22.4. The summed E-state index contributed by atoms with van der Waals surface area (Å²) in [6.45, 7) is 2.14. The molecule has 5 aromatic carbocycles. The van der Waals surface area contributed by atoms with E-state index in [0.717, 1.165) is 36.0 Å². The summed E-state index contributed by atoms with van der Waals surface area (Å²) in [5.74, 6) is 0. The molecule has 0 aliphatic heterocycles. The zero-order valence-corrected chi connectivity index (χ0v) is 33.1. The molecule has 12 nitrogen and oxygen atoms in total. The summed E-state index contributed by atoms with van der Waals surface area (Å²) in [5, 5.41) is 23.8. The molecule has 0 radical (unpaired) electrons. The minimum Gasteiger partial charge on any atom is -0.396 e. The first kappa shape index (κ1) is 42.9. The maximum absolute atomic E-state index is 13.0. The Bertz CT molecular complexity index is 2730. The Kier molecular flexibility index (Phi) is 14.2. The molecule has 0 unspecified atom stereocenters. The first-order chi connectivity index (χ1) is 26.9. The molecule has 2 aromatic heterocycles. The molecule has 0 aliphatic rings. The summed E-state index contributed by atoms with van der Waals surface area (Å²) in [4.78, 5) is 0.592. The second kappa shape index (κ2) is 18.8. The molecule has 0 fully saturated rings. The fourth-order valence-electron chi connectivity index (χ4n) is 6.04. The van der Waals surface area contributed by atoms with Gasteiger partial charge in [-0.05, 0) is 117 Å². The minimum atomic E-state index is -3.77. The molecule has 0 saturated heterocycles. The highest BCUT2D eigenvalue weighted by molar-refractivity contribution is 7.92. The van der Waals surface area contributed by atoms with Gasteiger partial charge in [-0.3, -0.25) is 14.4 Å². The lowest BCUT2D eigenvalue weighted by Gasteiger charge is -2.07. The number of hydrogen-bond acceptors (Lipinski definition) is 10. The number of nitrogens with one attached hydrogen (secondary N) is 2. The molecule has 0 atom stereocenters. The highest BCUT2D eigenvalue weighted by atomic mass is 32.2. The molecule has 57 heavy (non-hydrogen) atoms. The van der Waals surface area contributed by atoms with Crippen LogP contribution in [-0.4, -0.2) is 64.0 Å². The van der Waals surface area contributed by atoms with E-state index in [1.165, 1.54) is 12.1 Å². The van der Waals surface area contributed by atoms with Crippen LogP contribution in [0.2, 0.25) is 0 Å². The van der Waals surface area contributed by atoms with Crippen molar-refractivity contribution in [3.8, 4) is 0 Å². The van der Waals surface area contributed by atoms with Gasteiger partial charge in [0.1, 0.15) is 0 Å². The lowest BCUT2D eigenvalue weighted by molar-refractivity contribution is 0.284. The number of H-pyrrole nitrogens is 2. The Balaban J connectivity index is 0.000000227. The van der Waals surface area contributed by atoms with Crippen molar-refractivity contribution < 1.29 is 34.5 Å². The number of sulfone groups is 2. The summed E-state index contributed by atoms with van der Waals surface area (Å²) in [6, 6.07) is 34.2. The van der Waals surface area contributed by atoms with Gasteiger partial charge in [-0.2, -0.15) is 18.6 Å². The van der Waals surface area contributed by atoms with Crippen LogP contribution in [-0.2, 0) is 46.8 Å². The summed E-state index contributed by atoms with van der Waals surface area (Å²) in [7, 11) is -11.1. The number of aromatic nitrogens is 4. The average Bonchev–Trinajstić information content (AvgIpc) is 3.84. The molecule has 300 valence electrons. The average molecular weight is 831 g/mol. The van der Waals surface area contributed by atoms with Crippen molar-refractivity contribution >= 4 is 51.6 Å². The van der Waals surface area contributed by atoms with E-state index in [9.17, 15) is 25.3 Å². The van der Waals surface area contributed by atoms with Gasteiger partial charge in [-0.15, -0.1) is 0 Å². The SMILES string of the molecule is C.Cc1ccc(S(=O)(=O)OCCCCc2ccc3n[nH]c(S(=O)(=O)c4ccccc4)c3c2)cc1.O=S(=O)(c1ccccc1)c1[nH]nc2ccc(CCCCO)cc12. The van der Waals surface area contributed by atoms with Gasteiger partial charge in [0, 0.05) is 17.4 Å². The number of aryl methyl sites for hydroxylation is 3. The minimum absolute atomic E-state index is 0. The summed E-state index contributed by atoms with van der Waals surface area (Å²) >= 11 is 0. The molecular formula is C42H46N4O8S3. The molecule has 7 rings (SSSR count). The van der Waals surface area contributed by atoms with Gasteiger partial charge < -0.3 is 5.11 Å². The molecule has 7 aromatic rings. The quantitative estimate of drug-likeness (QED) is 0.0680. The maximum Gasteiger partial charge on any atom is 0.296 e. The van der Waals surface area contributed by atoms with Crippen molar-refractivity contribution in [2.45, 2.75) is 77.6 Å². The molecule has 2 heterocycles. The number of unbranched alkanes of at least 4 members (excludes halogenated alkanes) is 2. The van der Waals surface area contributed by atoms with Crippen molar-refractivity contribution in [1.82, 2.24) is 20.4 Å². The van der Waals surface area contributed by atoms with Crippen molar-refractivity contribution in [2.24, 2.45) is 0 Å². The Morgan fingerprint density at radius 2 is 1.02 bits per heavy atom. The topological polar surface area (TPSA) is 189 Å². The van der Waals surface area contributed by atoms with Gasteiger partial charge in [0.15, 0.2) is 10.1 Å². The van der Waals surface area contributed by atoms with Gasteiger partial charge in [0.05, 0.1) is 32.3 Å². The number of aliphatic hydroxyl groups is 1. The molecule has 0 saturated carbocycles. The number of hydrogen-bond donors (Lipinski definition) is 3. The smallest absolute Gasteiger partial charge is 0.296 e. The fraction of sp³-hybridized carbons (Fsp3) is 0.238. The Hall–Kier alpha value is -5.19. The molecule has 3 N–H and O–H groups in total. The van der Waals surface area contributed by atoms with E-state index in [0.29, 0.717) is 41.1 Å². The second-order valence-electron chi connectivity index (χ2n) is 13.2. The Morgan fingerprint density at radius 1 is 0.561 bits per heavy atom. The normalized spacial score (nSPS) is 11.9. The molecule has 0 aliphatic carbocycles. The lowest BCUT2D eigenvalue weighted by Crippen LogP contribution is -2.07. The Morgan fingerprint density at radius 3 is 1.47 bits per heavy atom. The van der Waals surface area contributed by atoms with Gasteiger partial charge in [-0.1, -0.05) is 73.7 Å². The molecule has 15 heteroatoms. The fourth-order valence-corrected chi connectivity index (χ4v) is 9.72. The van der Waals surface area contributed by atoms with Crippen molar-refractivity contribution in [1.29, 1.82) is 0 Å². The van der Waals surface area contributed by atoms with Crippen molar-refractivity contribution in [2.75, 3.05) is 13.2 Å². The predicted molar refractivity (Wildman–Crippen MR) is 220 cm³/mol. The van der Waals surface area contributed by atoms with E-state index >= 15 is 0 Å². The number of aromatic amines is 2. The van der Waals surface area contributed by atoms with Gasteiger partial charge in [-0.25, -0.2) is 16.8 Å². The predicted octanol–water partition coefficient (Wildman–Crippen LogP) is 7.78. The van der Waals surface area contributed by atoms with Crippen molar-refractivity contribution in [3.05, 3.63) is 138 Å². The van der Waals surface area contributed by atoms with E-state index in [4.69, 9.17) is 9.29 Å². The standard InChI is InChI=1S/C24H24N2O5S2.C17H18N2O3S.CH4/c1-18-10-13-21(14-11-18)33(29,30)31-16-6-5-7-19-12-15-23-22(17-19)24(26-25-23)32(27,28)20-8-3-2-4-9-20;20-11-5-4-6-13-9-10-16-15(12-13)17(19-18-16)23(21,22)14-7-2-1-3-8-14;/h2-4,8-15,17H,5-7,16H2,1H3,(H,25,26);1-3,7-10,12,20H,4-6,11H2,(H,18,19);1H4. The number of rotatable bonds is 15. The Labute approximate surface area is 333 Å². The lowest BCUT2D eigenvalue weighted by atomic mass is 10.1. The molecular weight excluding hydrogens is 785 g/mol. The van der Waals surface area contributed by atoms with E-state index in [2.05, 4.69) is 20.4 Å². The van der Waals surface area contributed by atoms with E-state index in [-0.39, 0.29) is 45.4 Å². The molecule has 0 amide bonds. The summed E-state index contributed by atoms with van der Waals surface area (Å²) in [5.41, 5.74) is 4.15. The first-order valence-electron chi connectivity index (χ1n) is 18.0. The van der Waals surface area contributed by atoms with Crippen LogP contribution in [0.15, 0.2) is 146 Å². The number of aliphatic hydroxyl groups excluding tert-OH is 1.